The van der Waals surface area contributed by atoms with Crippen molar-refractivity contribution in [2.75, 3.05) is 46.7 Å². The van der Waals surface area contributed by atoms with Crippen LogP contribution in [0.5, 0.6) is 0 Å². The van der Waals surface area contributed by atoms with Gasteiger partial charge < -0.3 is 9.49 Å². The maximum absolute atomic E-state index is 4.43. The molecule has 0 aromatic rings. The van der Waals surface area contributed by atoms with Crippen LogP contribution in [-0.2, 0) is 0 Å². The van der Waals surface area contributed by atoms with Crippen LogP contribution in [-0.4, -0.2) is 46.7 Å². The summed E-state index contributed by atoms with van der Waals surface area (Å²) >= 11 is 0. The molecule has 0 rings (SSSR count). The van der Waals surface area contributed by atoms with E-state index in [1.54, 1.807) is 0 Å². The maximum atomic E-state index is 4.43. The van der Waals surface area contributed by atoms with Crippen molar-refractivity contribution in [2.45, 2.75) is 0 Å². The minimum absolute atomic E-state index is 0.981. The highest BCUT2D eigenvalue weighted by Gasteiger charge is 2.12. The van der Waals surface area contributed by atoms with Gasteiger partial charge in [-0.15, -0.1) is 0 Å². The molecule has 0 radical (unpaired) electrons. The highest BCUT2D eigenvalue weighted by molar-refractivity contribution is 7.81. The summed E-state index contributed by atoms with van der Waals surface area (Å²) < 4.78 is 8.86. The van der Waals surface area contributed by atoms with Gasteiger partial charge in [0.1, 0.15) is 0 Å². The van der Waals surface area contributed by atoms with Gasteiger partial charge in [0.15, 0.2) is 0 Å². The molecule has 0 spiro atoms. The molecule has 0 N–H and O–H groups in total. The second-order valence-electron chi connectivity index (χ2n) is 3.78. The molecule has 0 amide bonds. The zero-order valence-electron chi connectivity index (χ0n) is 8.50. The van der Waals surface area contributed by atoms with Gasteiger partial charge in [-0.2, -0.15) is 0 Å². The molecule has 0 saturated carbocycles. The lowest BCUT2D eigenvalue weighted by molar-refractivity contribution is 1.45. The SMILES string of the molecule is CN=P(C)(C)CP(C)(C)=NC. The number of hydrogen-bond donors (Lipinski definition) is 0. The molecule has 4 heteroatoms. The maximum Gasteiger partial charge on any atom is 0.0261 e. The standard InChI is InChI=1S/C7H20N2P2/c1-8-10(3,4)7-11(5,6)9-2/h7H2,1-6H3. The van der Waals surface area contributed by atoms with Crippen molar-refractivity contribution in [3.63, 3.8) is 0 Å². The Morgan fingerprint density at radius 1 is 0.818 bits per heavy atom. The summed E-state index contributed by atoms with van der Waals surface area (Å²) in [7, 11) is 1.91. The molecule has 0 saturated heterocycles. The first kappa shape index (κ1) is 11.5. The van der Waals surface area contributed by atoms with Crippen LogP contribution < -0.4 is 0 Å². The average molecular weight is 194 g/mol. The van der Waals surface area contributed by atoms with Gasteiger partial charge in [-0.1, -0.05) is 0 Å². The monoisotopic (exact) mass is 194 g/mol. The first-order chi connectivity index (χ1) is 4.83. The second kappa shape index (κ2) is 3.92. The lowest BCUT2D eigenvalue weighted by atomic mass is 11.6. The Morgan fingerprint density at radius 3 is 1.27 bits per heavy atom. The predicted molar refractivity (Wildman–Crippen MR) is 59.1 cm³/mol. The van der Waals surface area contributed by atoms with Crippen molar-refractivity contribution in [1.29, 1.82) is 0 Å². The van der Waals surface area contributed by atoms with Gasteiger partial charge in [0.25, 0.3) is 0 Å². The smallest absolute Gasteiger partial charge is 0.0261 e. The summed E-state index contributed by atoms with van der Waals surface area (Å²) in [5.41, 5.74) is 0. The van der Waals surface area contributed by atoms with Crippen molar-refractivity contribution in [2.24, 2.45) is 9.49 Å². The highest BCUT2D eigenvalue weighted by atomic mass is 31.2. The van der Waals surface area contributed by atoms with E-state index in [1.807, 2.05) is 14.1 Å². The predicted octanol–water partition coefficient (Wildman–Crippen LogP) is 3.13. The number of hydrogen-bond acceptors (Lipinski definition) is 2. The van der Waals surface area contributed by atoms with Crippen LogP contribution in [0.1, 0.15) is 0 Å². The van der Waals surface area contributed by atoms with E-state index in [1.165, 1.54) is 5.90 Å². The van der Waals surface area contributed by atoms with Gasteiger partial charge >= 0.3 is 0 Å². The summed E-state index contributed by atoms with van der Waals surface area (Å²) in [5.74, 6) is 1.23. The molecule has 0 aliphatic carbocycles. The topological polar surface area (TPSA) is 24.7 Å². The average Bonchev–Trinajstić information content (AvgIpc) is 1.86. The van der Waals surface area contributed by atoms with Crippen LogP contribution in [0, 0.1) is 0 Å². The molecule has 0 aliphatic rings. The largest absolute Gasteiger partial charge is 0.307 e. The van der Waals surface area contributed by atoms with E-state index in [4.69, 9.17) is 0 Å². The van der Waals surface area contributed by atoms with E-state index >= 15 is 0 Å². The van der Waals surface area contributed by atoms with Crippen molar-refractivity contribution in [3.8, 4) is 0 Å². The molecule has 0 aromatic heterocycles. The zero-order valence-corrected chi connectivity index (χ0v) is 10.3. The van der Waals surface area contributed by atoms with Gasteiger partial charge in [0.05, 0.1) is 0 Å². The van der Waals surface area contributed by atoms with E-state index in [0.717, 1.165) is 0 Å². The van der Waals surface area contributed by atoms with E-state index in [2.05, 4.69) is 36.1 Å². The quantitative estimate of drug-likeness (QED) is 0.603. The Bertz CT molecular complexity index is 195. The second-order valence-corrected chi connectivity index (χ2v) is 12.2. The molecule has 0 aliphatic heterocycles. The lowest BCUT2D eigenvalue weighted by Crippen LogP contribution is -1.87. The number of nitrogens with zero attached hydrogens (tertiary/aromatic N) is 2. The van der Waals surface area contributed by atoms with Crippen molar-refractivity contribution >= 4 is 14.1 Å². The molecular formula is C7H20N2P2. The molecule has 0 unspecified atom stereocenters. The Hall–Kier alpha value is 0.460. The fourth-order valence-corrected chi connectivity index (χ4v) is 8.76. The lowest BCUT2D eigenvalue weighted by Gasteiger charge is -2.20. The van der Waals surface area contributed by atoms with Crippen molar-refractivity contribution in [1.82, 2.24) is 0 Å². The molecule has 2 nitrogen and oxygen atoms in total. The van der Waals surface area contributed by atoms with Crippen LogP contribution in [0.2, 0.25) is 0 Å². The van der Waals surface area contributed by atoms with Gasteiger partial charge in [0.2, 0.25) is 0 Å². The van der Waals surface area contributed by atoms with E-state index in [9.17, 15) is 0 Å². The summed E-state index contributed by atoms with van der Waals surface area (Å²) in [6, 6.07) is 0. The summed E-state index contributed by atoms with van der Waals surface area (Å²) in [6.07, 6.45) is 0. The van der Waals surface area contributed by atoms with Crippen LogP contribution in [0.4, 0.5) is 0 Å². The van der Waals surface area contributed by atoms with Crippen molar-refractivity contribution in [3.05, 3.63) is 0 Å². The third-order valence-electron chi connectivity index (χ3n) is 1.78. The molecule has 0 fully saturated rings. The molecule has 0 aromatic carbocycles. The van der Waals surface area contributed by atoms with Crippen molar-refractivity contribution < 1.29 is 0 Å². The Balaban J connectivity index is 4.53. The third kappa shape index (κ3) is 4.82. The highest BCUT2D eigenvalue weighted by Crippen LogP contribution is 2.56. The summed E-state index contributed by atoms with van der Waals surface area (Å²) in [5, 5.41) is 0. The van der Waals surface area contributed by atoms with E-state index in [-0.39, 0.29) is 0 Å². The van der Waals surface area contributed by atoms with Gasteiger partial charge in [0, 0.05) is 20.0 Å². The fraction of sp³-hybridized carbons (Fsp3) is 1.00. The first-order valence-electron chi connectivity index (χ1n) is 3.72. The zero-order chi connectivity index (χ0) is 9.12. The van der Waals surface area contributed by atoms with Gasteiger partial charge in [-0.25, -0.2) is 0 Å². The number of rotatable bonds is 2. The first-order valence-corrected chi connectivity index (χ1v) is 9.36. The van der Waals surface area contributed by atoms with Crippen LogP contribution in [0.15, 0.2) is 9.49 Å². The summed E-state index contributed by atoms with van der Waals surface area (Å²) in [6.45, 7) is 9.11. The molecule has 68 valence electrons. The molecular weight excluding hydrogens is 174 g/mol. The Morgan fingerprint density at radius 2 is 1.09 bits per heavy atom. The minimum Gasteiger partial charge on any atom is -0.307 e. The van der Waals surface area contributed by atoms with Crippen LogP contribution in [0.3, 0.4) is 0 Å². The third-order valence-corrected chi connectivity index (χ3v) is 9.48. The fourth-order valence-electron chi connectivity index (χ4n) is 0.973. The Labute approximate surface area is 70.9 Å². The van der Waals surface area contributed by atoms with Crippen LogP contribution >= 0.6 is 14.1 Å². The Kier molecular flexibility index (Phi) is 4.08. The van der Waals surface area contributed by atoms with E-state index in [0.29, 0.717) is 0 Å². The molecule has 0 atom stereocenters. The minimum atomic E-state index is -0.981. The molecule has 0 bridgehead atoms. The molecule has 0 heterocycles. The van der Waals surface area contributed by atoms with Crippen LogP contribution in [0.25, 0.3) is 0 Å². The van der Waals surface area contributed by atoms with Gasteiger partial charge in [-0.3, -0.25) is 0 Å². The van der Waals surface area contributed by atoms with E-state index < -0.39 is 14.1 Å². The molecule has 11 heavy (non-hydrogen) atoms. The normalized spacial score (nSPS) is 12.9. The summed E-state index contributed by atoms with van der Waals surface area (Å²) in [4.78, 5) is 0. The van der Waals surface area contributed by atoms with Gasteiger partial charge in [-0.05, 0) is 40.8 Å².